The molecule has 3 aromatic carbocycles. The van der Waals surface area contributed by atoms with Gasteiger partial charge in [0.2, 0.25) is 11.7 Å². The van der Waals surface area contributed by atoms with Crippen LogP contribution in [0.5, 0.6) is 0 Å². The molecule has 0 spiro atoms. The highest BCUT2D eigenvalue weighted by Crippen LogP contribution is 2.26. The van der Waals surface area contributed by atoms with Crippen LogP contribution in [0.25, 0.3) is 17.1 Å². The molecule has 1 unspecified atom stereocenters. The van der Waals surface area contributed by atoms with Gasteiger partial charge < -0.3 is 10.6 Å². The Bertz CT molecular complexity index is 1260. The first-order valence-electron chi connectivity index (χ1n) is 10.9. The Labute approximate surface area is 191 Å². The van der Waals surface area contributed by atoms with Gasteiger partial charge in [0.15, 0.2) is 5.82 Å². The number of nitrogens with one attached hydrogen (secondary N) is 2. The summed E-state index contributed by atoms with van der Waals surface area (Å²) >= 11 is 0. The van der Waals surface area contributed by atoms with Crippen LogP contribution in [0.1, 0.15) is 41.1 Å². The third-order valence-corrected chi connectivity index (χ3v) is 5.72. The zero-order valence-electron chi connectivity index (χ0n) is 18.2. The number of carbonyl (C=O) groups excluding carboxylic acids is 2. The summed E-state index contributed by atoms with van der Waals surface area (Å²) in [6, 6.07) is 24.9. The van der Waals surface area contributed by atoms with Crippen LogP contribution in [-0.4, -0.2) is 26.6 Å². The Hall–Kier alpha value is -4.26. The molecule has 7 nitrogen and oxygen atoms in total. The van der Waals surface area contributed by atoms with Gasteiger partial charge in [-0.05, 0) is 42.7 Å². The van der Waals surface area contributed by atoms with E-state index in [-0.39, 0.29) is 23.7 Å². The molecule has 7 heteroatoms. The lowest BCUT2D eigenvalue weighted by molar-refractivity contribution is -0.116. The van der Waals surface area contributed by atoms with Crippen molar-refractivity contribution in [1.29, 1.82) is 0 Å². The van der Waals surface area contributed by atoms with Gasteiger partial charge in [-0.15, -0.1) is 5.10 Å². The number of hydrogen-bond donors (Lipinski definition) is 2. The van der Waals surface area contributed by atoms with Crippen LogP contribution in [-0.2, 0) is 11.2 Å². The van der Waals surface area contributed by atoms with E-state index in [4.69, 9.17) is 0 Å². The predicted octanol–water partition coefficient (Wildman–Crippen LogP) is 4.31. The van der Waals surface area contributed by atoms with Gasteiger partial charge in [0.1, 0.15) is 0 Å². The molecule has 1 aliphatic rings. The third-order valence-electron chi connectivity index (χ3n) is 5.72. The number of fused-ring (bicyclic) bond motifs is 1. The average molecular weight is 438 g/mol. The lowest BCUT2D eigenvalue weighted by Crippen LogP contribution is -2.28. The van der Waals surface area contributed by atoms with Crippen molar-refractivity contribution in [2.24, 2.45) is 0 Å². The number of nitrogens with zero attached hydrogens (tertiary/aromatic N) is 3. The van der Waals surface area contributed by atoms with Gasteiger partial charge in [-0.2, -0.15) is 0 Å². The van der Waals surface area contributed by atoms with E-state index >= 15 is 0 Å². The molecule has 1 aliphatic heterocycles. The summed E-state index contributed by atoms with van der Waals surface area (Å²) in [7, 11) is 0. The van der Waals surface area contributed by atoms with E-state index in [0.29, 0.717) is 18.7 Å². The molecule has 2 amide bonds. The van der Waals surface area contributed by atoms with Gasteiger partial charge in [-0.1, -0.05) is 60.7 Å². The Morgan fingerprint density at radius 3 is 2.48 bits per heavy atom. The van der Waals surface area contributed by atoms with Crippen molar-refractivity contribution in [2.75, 3.05) is 5.32 Å². The second-order valence-corrected chi connectivity index (χ2v) is 8.03. The lowest BCUT2D eigenvalue weighted by Gasteiger charge is -2.20. The molecule has 4 aromatic rings. The maximum atomic E-state index is 13.1. The molecule has 0 bridgehead atoms. The van der Waals surface area contributed by atoms with Gasteiger partial charge in [-0.25, -0.2) is 9.67 Å². The van der Waals surface area contributed by atoms with Gasteiger partial charge in [-0.3, -0.25) is 9.59 Å². The first kappa shape index (κ1) is 20.6. The summed E-state index contributed by atoms with van der Waals surface area (Å²) in [6.07, 6.45) is 1.17. The molecule has 0 fully saturated rings. The number of para-hydroxylation sites is 1. The van der Waals surface area contributed by atoms with Crippen LogP contribution in [0.2, 0.25) is 0 Å². The zero-order chi connectivity index (χ0) is 22.8. The van der Waals surface area contributed by atoms with E-state index in [1.165, 1.54) is 0 Å². The number of carbonyl (C=O) groups is 2. The maximum Gasteiger partial charge on any atom is 0.291 e. The predicted molar refractivity (Wildman–Crippen MR) is 126 cm³/mol. The van der Waals surface area contributed by atoms with Crippen molar-refractivity contribution in [3.05, 3.63) is 95.8 Å². The summed E-state index contributed by atoms with van der Waals surface area (Å²) in [5.41, 5.74) is 4.57. The summed E-state index contributed by atoms with van der Waals surface area (Å²) in [5, 5.41) is 10.4. The largest absolute Gasteiger partial charge is 0.343 e. The fourth-order valence-corrected chi connectivity index (χ4v) is 3.95. The molecule has 1 atom stereocenters. The van der Waals surface area contributed by atoms with Crippen molar-refractivity contribution in [1.82, 2.24) is 20.1 Å². The Balaban J connectivity index is 1.42. The second-order valence-electron chi connectivity index (χ2n) is 8.03. The summed E-state index contributed by atoms with van der Waals surface area (Å²) in [6.45, 7) is 1.92. The van der Waals surface area contributed by atoms with Crippen molar-refractivity contribution in [3.63, 3.8) is 0 Å². The van der Waals surface area contributed by atoms with Crippen LogP contribution in [0.4, 0.5) is 5.69 Å². The molecule has 1 aromatic heterocycles. The van der Waals surface area contributed by atoms with Crippen LogP contribution < -0.4 is 10.6 Å². The SMILES string of the molecule is CC(NC(=O)c1nc(-c2ccccc2)n(-c2ccccc2)n1)c1ccc2c(c1)CCC(=O)N2. The number of anilines is 1. The number of aryl methyl sites for hydroxylation is 1. The van der Waals surface area contributed by atoms with Crippen LogP contribution >= 0.6 is 0 Å². The molecule has 164 valence electrons. The number of aromatic nitrogens is 3. The van der Waals surface area contributed by atoms with E-state index in [9.17, 15) is 9.59 Å². The van der Waals surface area contributed by atoms with Gasteiger partial charge in [0, 0.05) is 17.7 Å². The van der Waals surface area contributed by atoms with Crippen LogP contribution in [0.3, 0.4) is 0 Å². The Morgan fingerprint density at radius 2 is 1.73 bits per heavy atom. The summed E-state index contributed by atoms with van der Waals surface area (Å²) in [5.74, 6) is 0.394. The van der Waals surface area contributed by atoms with Crippen molar-refractivity contribution in [3.8, 4) is 17.1 Å². The zero-order valence-corrected chi connectivity index (χ0v) is 18.2. The Kier molecular flexibility index (Phi) is 5.44. The molecule has 2 N–H and O–H groups in total. The highest BCUT2D eigenvalue weighted by Gasteiger charge is 2.21. The normalized spacial score (nSPS) is 13.7. The molecule has 33 heavy (non-hydrogen) atoms. The molecule has 5 rings (SSSR count). The highest BCUT2D eigenvalue weighted by atomic mass is 16.2. The third kappa shape index (κ3) is 4.25. The Morgan fingerprint density at radius 1 is 1.00 bits per heavy atom. The van der Waals surface area contributed by atoms with Gasteiger partial charge in [0.05, 0.1) is 11.7 Å². The van der Waals surface area contributed by atoms with E-state index in [2.05, 4.69) is 20.7 Å². The van der Waals surface area contributed by atoms with E-state index in [1.807, 2.05) is 85.8 Å². The van der Waals surface area contributed by atoms with Crippen LogP contribution in [0, 0.1) is 0 Å². The minimum absolute atomic E-state index is 0.0332. The summed E-state index contributed by atoms with van der Waals surface area (Å²) in [4.78, 5) is 29.3. The number of amides is 2. The smallest absolute Gasteiger partial charge is 0.291 e. The molecular weight excluding hydrogens is 414 g/mol. The minimum atomic E-state index is -0.347. The van der Waals surface area contributed by atoms with Crippen molar-refractivity contribution < 1.29 is 9.59 Å². The monoisotopic (exact) mass is 437 g/mol. The molecule has 0 radical (unpaired) electrons. The van der Waals surface area contributed by atoms with E-state index in [1.54, 1.807) is 4.68 Å². The fraction of sp³-hybridized carbons (Fsp3) is 0.154. The topological polar surface area (TPSA) is 88.9 Å². The van der Waals surface area contributed by atoms with E-state index < -0.39 is 0 Å². The fourth-order valence-electron chi connectivity index (χ4n) is 3.95. The number of rotatable bonds is 5. The molecule has 0 saturated heterocycles. The molecule has 2 heterocycles. The molecular formula is C26H23N5O2. The first-order valence-corrected chi connectivity index (χ1v) is 10.9. The molecule has 0 saturated carbocycles. The van der Waals surface area contributed by atoms with Crippen molar-refractivity contribution in [2.45, 2.75) is 25.8 Å². The average Bonchev–Trinajstić information content (AvgIpc) is 3.30. The maximum absolute atomic E-state index is 13.1. The first-order chi connectivity index (χ1) is 16.1. The van der Waals surface area contributed by atoms with Gasteiger partial charge in [0.25, 0.3) is 5.91 Å². The van der Waals surface area contributed by atoms with E-state index in [0.717, 1.165) is 28.1 Å². The molecule has 0 aliphatic carbocycles. The number of hydrogen-bond acceptors (Lipinski definition) is 4. The van der Waals surface area contributed by atoms with Crippen LogP contribution in [0.15, 0.2) is 78.9 Å². The van der Waals surface area contributed by atoms with Gasteiger partial charge >= 0.3 is 0 Å². The quantitative estimate of drug-likeness (QED) is 0.487. The summed E-state index contributed by atoms with van der Waals surface area (Å²) < 4.78 is 1.69. The second kappa shape index (κ2) is 8.70. The number of benzene rings is 3. The lowest BCUT2D eigenvalue weighted by atomic mass is 9.98. The van der Waals surface area contributed by atoms with Crippen molar-refractivity contribution >= 4 is 17.5 Å². The standard InChI is InChI=1S/C26H23N5O2/c1-17(19-12-14-22-20(16-19)13-15-23(32)28-22)27-26(33)24-29-25(18-8-4-2-5-9-18)31(30-24)21-10-6-3-7-11-21/h2-12,14,16-17H,13,15H2,1H3,(H,27,33)(H,28,32). The highest BCUT2D eigenvalue weighted by molar-refractivity contribution is 5.94. The minimum Gasteiger partial charge on any atom is -0.343 e.